The highest BCUT2D eigenvalue weighted by Gasteiger charge is 2.31. The average Bonchev–Trinajstić information content (AvgIpc) is 2.36. The van der Waals surface area contributed by atoms with E-state index in [-0.39, 0.29) is 5.91 Å². The number of nitrogen functional groups attached to an aromatic ring is 1. The van der Waals surface area contributed by atoms with E-state index in [1.54, 1.807) is 30.0 Å². The van der Waals surface area contributed by atoms with Crippen molar-refractivity contribution in [2.45, 2.75) is 32.3 Å². The zero-order valence-electron chi connectivity index (χ0n) is 12.1. The van der Waals surface area contributed by atoms with E-state index in [4.69, 9.17) is 10.5 Å². The molecule has 1 unspecified atom stereocenters. The quantitative estimate of drug-likeness (QED) is 0.824. The number of amides is 1. The van der Waals surface area contributed by atoms with Gasteiger partial charge in [-0.05, 0) is 38.8 Å². The van der Waals surface area contributed by atoms with Crippen LogP contribution in [0.15, 0.2) is 18.2 Å². The minimum atomic E-state index is -0.809. The number of likely N-dealkylation sites (tertiary alicyclic amines) is 1. The zero-order valence-corrected chi connectivity index (χ0v) is 12.1. The summed E-state index contributed by atoms with van der Waals surface area (Å²) in [6.07, 6.45) is 1.53. The van der Waals surface area contributed by atoms with Crippen LogP contribution in [0.5, 0.6) is 5.75 Å². The molecule has 0 saturated carbocycles. The number of aliphatic hydroxyl groups is 1. The summed E-state index contributed by atoms with van der Waals surface area (Å²) in [4.78, 5) is 14.2. The Kier molecular flexibility index (Phi) is 4.18. The van der Waals surface area contributed by atoms with Crippen molar-refractivity contribution in [2.75, 3.05) is 25.4 Å². The molecule has 0 radical (unpaired) electrons. The van der Waals surface area contributed by atoms with Crippen LogP contribution in [0, 0.1) is 0 Å². The molecule has 0 spiro atoms. The van der Waals surface area contributed by atoms with Crippen molar-refractivity contribution in [1.82, 2.24) is 4.90 Å². The van der Waals surface area contributed by atoms with Crippen LogP contribution in [0.1, 0.15) is 37.0 Å². The number of β-amino-alcohol motifs (C(OH)–C–C–N with tert-alkyl or cyclic N) is 1. The number of piperidine rings is 1. The van der Waals surface area contributed by atoms with Gasteiger partial charge < -0.3 is 20.5 Å². The highest BCUT2D eigenvalue weighted by Crippen LogP contribution is 2.24. The molecule has 2 rings (SSSR count). The molecular formula is C15H22N2O3. The number of benzene rings is 1. The molecule has 3 N–H and O–H groups in total. The van der Waals surface area contributed by atoms with Crippen molar-refractivity contribution < 1.29 is 14.6 Å². The van der Waals surface area contributed by atoms with Crippen molar-refractivity contribution in [2.24, 2.45) is 0 Å². The van der Waals surface area contributed by atoms with Crippen LogP contribution in [0.25, 0.3) is 0 Å². The van der Waals surface area contributed by atoms with E-state index in [2.05, 4.69) is 0 Å². The first kappa shape index (κ1) is 14.7. The molecule has 1 fully saturated rings. The molecule has 0 bridgehead atoms. The molecule has 1 aliphatic rings. The Hall–Kier alpha value is -1.75. The third-order valence-electron chi connectivity index (χ3n) is 3.45. The lowest BCUT2D eigenvalue weighted by Gasteiger charge is -2.36. The van der Waals surface area contributed by atoms with Gasteiger partial charge in [0, 0.05) is 30.4 Å². The molecule has 1 saturated heterocycles. The van der Waals surface area contributed by atoms with E-state index in [0.717, 1.165) is 12.8 Å². The highest BCUT2D eigenvalue weighted by molar-refractivity contribution is 5.95. The second kappa shape index (κ2) is 5.71. The second-order valence-corrected chi connectivity index (χ2v) is 5.55. The molecule has 5 nitrogen and oxygen atoms in total. The maximum atomic E-state index is 12.5. The van der Waals surface area contributed by atoms with Gasteiger partial charge in [-0.3, -0.25) is 4.79 Å². The second-order valence-electron chi connectivity index (χ2n) is 5.55. The van der Waals surface area contributed by atoms with Gasteiger partial charge in [-0.15, -0.1) is 0 Å². The first-order valence-corrected chi connectivity index (χ1v) is 6.96. The predicted molar refractivity (Wildman–Crippen MR) is 77.8 cm³/mol. The number of carbonyl (C=O) groups is 1. The van der Waals surface area contributed by atoms with E-state index in [9.17, 15) is 9.90 Å². The summed E-state index contributed by atoms with van der Waals surface area (Å²) in [5.74, 6) is 0.484. The van der Waals surface area contributed by atoms with Gasteiger partial charge in [0.2, 0.25) is 0 Å². The molecule has 1 aromatic rings. The van der Waals surface area contributed by atoms with Gasteiger partial charge in [0.05, 0.1) is 12.2 Å². The van der Waals surface area contributed by atoms with Crippen LogP contribution in [-0.2, 0) is 0 Å². The van der Waals surface area contributed by atoms with Crippen LogP contribution in [-0.4, -0.2) is 41.2 Å². The lowest BCUT2D eigenvalue weighted by atomic mass is 9.94. The maximum absolute atomic E-state index is 12.5. The molecule has 0 aromatic heterocycles. The normalized spacial score (nSPS) is 22.6. The summed E-state index contributed by atoms with van der Waals surface area (Å²) < 4.78 is 5.41. The summed E-state index contributed by atoms with van der Waals surface area (Å²) in [5.41, 5.74) is 6.01. The molecular weight excluding hydrogens is 256 g/mol. The summed E-state index contributed by atoms with van der Waals surface area (Å²) >= 11 is 0. The number of anilines is 1. The molecule has 0 aliphatic carbocycles. The number of ether oxygens (including phenoxy) is 1. The number of nitrogens with two attached hydrogens (primary N) is 1. The van der Waals surface area contributed by atoms with Crippen LogP contribution < -0.4 is 10.5 Å². The smallest absolute Gasteiger partial charge is 0.254 e. The van der Waals surface area contributed by atoms with Crippen LogP contribution in [0.2, 0.25) is 0 Å². The topological polar surface area (TPSA) is 75.8 Å². The highest BCUT2D eigenvalue weighted by atomic mass is 16.5. The monoisotopic (exact) mass is 278 g/mol. The fraction of sp³-hybridized carbons (Fsp3) is 0.533. The summed E-state index contributed by atoms with van der Waals surface area (Å²) in [7, 11) is 0. The van der Waals surface area contributed by atoms with Crippen LogP contribution in [0.4, 0.5) is 5.69 Å². The number of nitrogens with zero attached hydrogens (tertiary/aromatic N) is 1. The van der Waals surface area contributed by atoms with Crippen molar-refractivity contribution in [3.05, 3.63) is 23.8 Å². The van der Waals surface area contributed by atoms with Gasteiger partial charge in [0.25, 0.3) is 5.91 Å². The van der Waals surface area contributed by atoms with Crippen molar-refractivity contribution in [1.29, 1.82) is 0 Å². The van der Waals surface area contributed by atoms with Gasteiger partial charge in [-0.25, -0.2) is 0 Å². The Bertz CT molecular complexity index is 500. The molecule has 1 amide bonds. The number of rotatable bonds is 3. The number of hydrogen-bond donors (Lipinski definition) is 2. The number of hydrogen-bond acceptors (Lipinski definition) is 4. The molecule has 5 heteroatoms. The van der Waals surface area contributed by atoms with Crippen LogP contribution in [0.3, 0.4) is 0 Å². The standard InChI is InChI=1S/C15H22N2O3/c1-3-20-13-8-11(7-12(16)9-13)14(18)17-6-4-5-15(2,19)10-17/h7-9,19H,3-6,10,16H2,1-2H3. The number of carbonyl (C=O) groups excluding carboxylic acids is 1. The van der Waals surface area contributed by atoms with Crippen molar-refractivity contribution in [3.63, 3.8) is 0 Å². The van der Waals surface area contributed by atoms with E-state index >= 15 is 0 Å². The van der Waals surface area contributed by atoms with Gasteiger partial charge in [0.15, 0.2) is 0 Å². The van der Waals surface area contributed by atoms with E-state index in [0.29, 0.717) is 36.7 Å². The lowest BCUT2D eigenvalue weighted by molar-refractivity contribution is -0.0107. The average molecular weight is 278 g/mol. The zero-order chi connectivity index (χ0) is 14.8. The minimum Gasteiger partial charge on any atom is -0.494 e. The fourth-order valence-electron chi connectivity index (χ4n) is 2.57. The van der Waals surface area contributed by atoms with Gasteiger partial charge in [0.1, 0.15) is 5.75 Å². The van der Waals surface area contributed by atoms with Gasteiger partial charge >= 0.3 is 0 Å². The molecule has 20 heavy (non-hydrogen) atoms. The predicted octanol–water partition coefficient (Wildman–Crippen LogP) is 1.65. The molecule has 1 aliphatic heterocycles. The third kappa shape index (κ3) is 3.42. The van der Waals surface area contributed by atoms with Crippen molar-refractivity contribution in [3.8, 4) is 5.75 Å². The van der Waals surface area contributed by atoms with Crippen LogP contribution >= 0.6 is 0 Å². The Balaban J connectivity index is 2.20. The van der Waals surface area contributed by atoms with E-state index in [1.165, 1.54) is 0 Å². The Morgan fingerprint density at radius 1 is 1.50 bits per heavy atom. The Morgan fingerprint density at radius 3 is 2.90 bits per heavy atom. The Morgan fingerprint density at radius 2 is 2.25 bits per heavy atom. The summed E-state index contributed by atoms with van der Waals surface area (Å²) in [6.45, 7) is 5.18. The molecule has 1 heterocycles. The maximum Gasteiger partial charge on any atom is 0.254 e. The largest absolute Gasteiger partial charge is 0.494 e. The SMILES string of the molecule is CCOc1cc(N)cc(C(=O)N2CCCC(C)(O)C2)c1. The fourth-order valence-corrected chi connectivity index (χ4v) is 2.57. The first-order chi connectivity index (χ1) is 9.41. The third-order valence-corrected chi connectivity index (χ3v) is 3.45. The Labute approximate surface area is 119 Å². The van der Waals surface area contributed by atoms with Gasteiger partial charge in [-0.2, -0.15) is 0 Å². The summed E-state index contributed by atoms with van der Waals surface area (Å²) in [6, 6.07) is 5.05. The van der Waals surface area contributed by atoms with E-state index < -0.39 is 5.60 Å². The first-order valence-electron chi connectivity index (χ1n) is 6.96. The molecule has 1 aromatic carbocycles. The van der Waals surface area contributed by atoms with E-state index in [1.807, 2.05) is 6.92 Å². The van der Waals surface area contributed by atoms with Gasteiger partial charge in [-0.1, -0.05) is 0 Å². The molecule has 110 valence electrons. The lowest BCUT2D eigenvalue weighted by Crippen LogP contribution is -2.48. The van der Waals surface area contributed by atoms with Crippen molar-refractivity contribution >= 4 is 11.6 Å². The minimum absolute atomic E-state index is 0.113. The molecule has 1 atom stereocenters. The summed E-state index contributed by atoms with van der Waals surface area (Å²) in [5, 5.41) is 10.1.